The summed E-state index contributed by atoms with van der Waals surface area (Å²) in [6.07, 6.45) is 7.10. The van der Waals surface area contributed by atoms with Gasteiger partial charge in [-0.25, -0.2) is 9.37 Å². The maximum Gasteiger partial charge on any atom is 0.144 e. The molecule has 1 aromatic carbocycles. The normalized spacial score (nSPS) is 27.0. The van der Waals surface area contributed by atoms with Gasteiger partial charge in [-0.2, -0.15) is 0 Å². The molecular formula is C18H21FN4O. The second kappa shape index (κ2) is 6.45. The Kier molecular flexibility index (Phi) is 4.16. The van der Waals surface area contributed by atoms with Gasteiger partial charge in [0.2, 0.25) is 0 Å². The van der Waals surface area contributed by atoms with Gasteiger partial charge < -0.3 is 10.1 Å². The number of benzene rings is 1. The fourth-order valence-electron chi connectivity index (χ4n) is 3.71. The molecule has 2 aromatic rings. The van der Waals surface area contributed by atoms with E-state index in [0.29, 0.717) is 6.61 Å². The second-order valence-corrected chi connectivity index (χ2v) is 6.72. The standard InChI is InChI=1S/C18H21FN4O/c19-15-3-1-14(2-4-15)11-23-8-5-18(13-23)9-16(12-24-18)22-17-10-20-6-7-21-17/h1-4,6-7,10,16H,5,8-9,11-13H2,(H,21,22)/t16-,18-/m1/s1. The van der Waals surface area contributed by atoms with E-state index in [0.717, 1.165) is 43.9 Å². The van der Waals surface area contributed by atoms with Crippen LogP contribution in [0.15, 0.2) is 42.9 Å². The fraction of sp³-hybridized carbons (Fsp3) is 0.444. The topological polar surface area (TPSA) is 50.3 Å². The third-order valence-corrected chi connectivity index (χ3v) is 4.84. The lowest BCUT2D eigenvalue weighted by molar-refractivity contribution is 0.0120. The van der Waals surface area contributed by atoms with E-state index in [-0.39, 0.29) is 17.5 Å². The molecule has 126 valence electrons. The van der Waals surface area contributed by atoms with Gasteiger partial charge in [0.25, 0.3) is 0 Å². The molecule has 2 aliphatic heterocycles. The molecule has 0 amide bonds. The highest BCUT2D eigenvalue weighted by atomic mass is 19.1. The van der Waals surface area contributed by atoms with Crippen LogP contribution in [-0.2, 0) is 11.3 Å². The van der Waals surface area contributed by atoms with Crippen LogP contribution in [0.5, 0.6) is 0 Å². The number of hydrogen-bond acceptors (Lipinski definition) is 5. The number of likely N-dealkylation sites (tertiary alicyclic amines) is 1. The Labute approximate surface area is 140 Å². The van der Waals surface area contributed by atoms with Crippen molar-refractivity contribution in [2.75, 3.05) is 25.0 Å². The Morgan fingerprint density at radius 2 is 2.17 bits per heavy atom. The van der Waals surface area contributed by atoms with Gasteiger partial charge in [-0.3, -0.25) is 9.88 Å². The van der Waals surface area contributed by atoms with Gasteiger partial charge in [-0.05, 0) is 24.1 Å². The third kappa shape index (κ3) is 3.39. The minimum Gasteiger partial charge on any atom is -0.371 e. The Morgan fingerprint density at radius 3 is 2.96 bits per heavy atom. The van der Waals surface area contributed by atoms with Crippen molar-refractivity contribution in [2.24, 2.45) is 0 Å². The van der Waals surface area contributed by atoms with Crippen LogP contribution >= 0.6 is 0 Å². The fourth-order valence-corrected chi connectivity index (χ4v) is 3.71. The second-order valence-electron chi connectivity index (χ2n) is 6.72. The summed E-state index contributed by atoms with van der Waals surface area (Å²) in [5, 5.41) is 3.40. The molecule has 1 aromatic heterocycles. The van der Waals surface area contributed by atoms with Gasteiger partial charge in [0.15, 0.2) is 0 Å². The number of ether oxygens (including phenoxy) is 1. The molecule has 5 nitrogen and oxygen atoms in total. The summed E-state index contributed by atoms with van der Waals surface area (Å²) in [6.45, 7) is 3.47. The van der Waals surface area contributed by atoms with E-state index < -0.39 is 0 Å². The highest BCUT2D eigenvalue weighted by Gasteiger charge is 2.45. The molecule has 0 unspecified atom stereocenters. The molecule has 1 spiro atoms. The molecule has 2 atom stereocenters. The molecule has 2 fully saturated rings. The van der Waals surface area contributed by atoms with E-state index in [2.05, 4.69) is 20.2 Å². The number of nitrogens with zero attached hydrogens (tertiary/aromatic N) is 3. The van der Waals surface area contributed by atoms with Crippen LogP contribution in [0.3, 0.4) is 0 Å². The molecule has 0 aliphatic carbocycles. The maximum atomic E-state index is 13.0. The minimum atomic E-state index is -0.186. The van der Waals surface area contributed by atoms with Crippen molar-refractivity contribution >= 4 is 5.82 Å². The van der Waals surface area contributed by atoms with Crippen molar-refractivity contribution in [1.29, 1.82) is 0 Å². The average Bonchev–Trinajstić information content (AvgIpc) is 3.17. The molecule has 6 heteroatoms. The maximum absolute atomic E-state index is 13.0. The van der Waals surface area contributed by atoms with Gasteiger partial charge in [-0.1, -0.05) is 12.1 Å². The lowest BCUT2D eigenvalue weighted by atomic mass is 9.97. The van der Waals surface area contributed by atoms with Gasteiger partial charge in [0, 0.05) is 38.4 Å². The first-order valence-corrected chi connectivity index (χ1v) is 8.34. The quantitative estimate of drug-likeness (QED) is 0.934. The zero-order valence-corrected chi connectivity index (χ0v) is 13.5. The number of hydrogen-bond donors (Lipinski definition) is 1. The van der Waals surface area contributed by atoms with Gasteiger partial charge in [-0.15, -0.1) is 0 Å². The first-order chi connectivity index (χ1) is 11.7. The molecule has 2 saturated heterocycles. The summed E-state index contributed by atoms with van der Waals surface area (Å²) in [5.74, 6) is 0.609. The number of rotatable bonds is 4. The van der Waals surface area contributed by atoms with Crippen molar-refractivity contribution in [3.8, 4) is 0 Å². The molecule has 2 aliphatic rings. The van der Waals surface area contributed by atoms with Crippen LogP contribution in [0.1, 0.15) is 18.4 Å². The molecule has 24 heavy (non-hydrogen) atoms. The van der Waals surface area contributed by atoms with E-state index >= 15 is 0 Å². The smallest absolute Gasteiger partial charge is 0.144 e. The third-order valence-electron chi connectivity index (χ3n) is 4.84. The summed E-state index contributed by atoms with van der Waals surface area (Å²) < 4.78 is 19.2. The Balaban J connectivity index is 1.33. The Bertz CT molecular complexity index is 681. The number of aromatic nitrogens is 2. The van der Waals surface area contributed by atoms with Crippen molar-refractivity contribution in [2.45, 2.75) is 31.0 Å². The molecule has 4 rings (SSSR count). The van der Waals surface area contributed by atoms with E-state index in [1.165, 1.54) is 12.1 Å². The predicted octanol–water partition coefficient (Wildman–Crippen LogP) is 2.46. The van der Waals surface area contributed by atoms with Crippen molar-refractivity contribution in [3.63, 3.8) is 0 Å². The van der Waals surface area contributed by atoms with E-state index in [1.54, 1.807) is 18.6 Å². The first kappa shape index (κ1) is 15.5. The lowest BCUT2D eigenvalue weighted by Crippen LogP contribution is -2.33. The van der Waals surface area contributed by atoms with E-state index in [4.69, 9.17) is 4.74 Å². The largest absolute Gasteiger partial charge is 0.371 e. The number of nitrogens with one attached hydrogen (secondary N) is 1. The summed E-state index contributed by atoms with van der Waals surface area (Å²) >= 11 is 0. The molecule has 0 bridgehead atoms. The molecule has 0 radical (unpaired) electrons. The van der Waals surface area contributed by atoms with E-state index in [9.17, 15) is 4.39 Å². The van der Waals surface area contributed by atoms with Crippen LogP contribution in [0.2, 0.25) is 0 Å². The lowest BCUT2D eigenvalue weighted by Gasteiger charge is -2.23. The molecular weight excluding hydrogens is 307 g/mol. The molecule has 3 heterocycles. The predicted molar refractivity (Wildman–Crippen MR) is 89.0 cm³/mol. The van der Waals surface area contributed by atoms with E-state index in [1.807, 2.05) is 12.1 Å². The SMILES string of the molecule is Fc1ccc(CN2CC[C@@]3(C[C@@H](Nc4cnccn4)CO3)C2)cc1. The van der Waals surface area contributed by atoms with Crippen LogP contribution in [0.4, 0.5) is 10.2 Å². The number of anilines is 1. The molecule has 0 saturated carbocycles. The summed E-state index contributed by atoms with van der Waals surface area (Å²) in [5.41, 5.74) is 1.07. The Morgan fingerprint density at radius 1 is 1.29 bits per heavy atom. The van der Waals surface area contributed by atoms with Crippen molar-refractivity contribution in [3.05, 3.63) is 54.2 Å². The summed E-state index contributed by atoms with van der Waals surface area (Å²) in [7, 11) is 0. The average molecular weight is 328 g/mol. The monoisotopic (exact) mass is 328 g/mol. The van der Waals surface area contributed by atoms with Crippen LogP contribution in [0, 0.1) is 5.82 Å². The number of halogens is 1. The van der Waals surface area contributed by atoms with Crippen molar-refractivity contribution in [1.82, 2.24) is 14.9 Å². The van der Waals surface area contributed by atoms with Crippen molar-refractivity contribution < 1.29 is 9.13 Å². The van der Waals surface area contributed by atoms with Crippen LogP contribution in [0.25, 0.3) is 0 Å². The Hall–Kier alpha value is -2.05. The highest BCUT2D eigenvalue weighted by molar-refractivity contribution is 5.32. The zero-order chi connectivity index (χ0) is 16.4. The van der Waals surface area contributed by atoms with Gasteiger partial charge in [0.1, 0.15) is 11.6 Å². The highest BCUT2D eigenvalue weighted by Crippen LogP contribution is 2.36. The van der Waals surface area contributed by atoms with Gasteiger partial charge in [0.05, 0.1) is 24.4 Å². The van der Waals surface area contributed by atoms with Crippen LogP contribution in [-0.4, -0.2) is 46.2 Å². The zero-order valence-electron chi connectivity index (χ0n) is 13.5. The minimum absolute atomic E-state index is 0.0695. The summed E-state index contributed by atoms with van der Waals surface area (Å²) in [4.78, 5) is 10.7. The van der Waals surface area contributed by atoms with Gasteiger partial charge >= 0.3 is 0 Å². The summed E-state index contributed by atoms with van der Waals surface area (Å²) in [6, 6.07) is 7.03. The first-order valence-electron chi connectivity index (χ1n) is 8.34. The van der Waals surface area contributed by atoms with Crippen LogP contribution < -0.4 is 5.32 Å². The molecule has 1 N–H and O–H groups in total.